The van der Waals surface area contributed by atoms with Crippen LogP contribution in [0.1, 0.15) is 55.4 Å². The Morgan fingerprint density at radius 1 is 0.865 bits per heavy atom. The summed E-state index contributed by atoms with van der Waals surface area (Å²) >= 11 is 0. The number of aryl methyl sites for hydroxylation is 1. The SMILES string of the molecule is COC(=O)N[C@H](C(=O)Nc1ccccc1CC[C@@H]1CN(C(=O)OC(C)(C)C)[C@H](/C=C\Cc2ccccc2)CO1)C(c1ccccc1)c1ccccc1. The topological polar surface area (TPSA) is 106 Å². The number of nitrogens with zero attached hydrogens (tertiary/aromatic N) is 1. The summed E-state index contributed by atoms with van der Waals surface area (Å²) in [7, 11) is 1.28. The minimum atomic E-state index is -0.985. The molecule has 0 bridgehead atoms. The molecule has 0 saturated carbocycles. The fourth-order valence-corrected chi connectivity index (χ4v) is 6.34. The van der Waals surface area contributed by atoms with Gasteiger partial charge in [0.25, 0.3) is 0 Å². The number of methoxy groups -OCH3 is 1. The number of nitrogens with one attached hydrogen (secondary N) is 2. The summed E-state index contributed by atoms with van der Waals surface area (Å²) in [6.45, 7) is 6.30. The maximum atomic E-state index is 14.2. The van der Waals surface area contributed by atoms with Gasteiger partial charge < -0.3 is 24.8 Å². The molecule has 52 heavy (non-hydrogen) atoms. The van der Waals surface area contributed by atoms with Gasteiger partial charge in [-0.25, -0.2) is 9.59 Å². The third-order valence-corrected chi connectivity index (χ3v) is 8.89. The van der Waals surface area contributed by atoms with Gasteiger partial charge in [0.05, 0.1) is 32.4 Å². The first-order chi connectivity index (χ1) is 25.1. The lowest BCUT2D eigenvalue weighted by Gasteiger charge is -2.39. The Morgan fingerprint density at radius 3 is 2.08 bits per heavy atom. The number of rotatable bonds is 12. The van der Waals surface area contributed by atoms with Crippen molar-refractivity contribution in [2.75, 3.05) is 25.6 Å². The Kier molecular flexibility index (Phi) is 13.2. The van der Waals surface area contributed by atoms with Gasteiger partial charge in [0, 0.05) is 11.6 Å². The van der Waals surface area contributed by atoms with Gasteiger partial charge in [-0.1, -0.05) is 121 Å². The molecule has 3 atom stereocenters. The molecule has 4 aromatic rings. The van der Waals surface area contributed by atoms with Crippen molar-refractivity contribution in [3.05, 3.63) is 150 Å². The number of hydrogen-bond acceptors (Lipinski definition) is 6. The Bertz CT molecular complexity index is 1740. The number of morpholine rings is 1. The quantitative estimate of drug-likeness (QED) is 0.145. The van der Waals surface area contributed by atoms with E-state index in [0.29, 0.717) is 31.7 Å². The van der Waals surface area contributed by atoms with Gasteiger partial charge >= 0.3 is 12.2 Å². The van der Waals surface area contributed by atoms with Crippen LogP contribution in [0.5, 0.6) is 0 Å². The van der Waals surface area contributed by atoms with Crippen molar-refractivity contribution in [1.29, 1.82) is 0 Å². The standard InChI is InChI=1S/C43H49N3O6/c1-43(2,3)52-42(49)46-29-36(51-30-35(46)25-16-19-31-17-8-5-9-18-31)28-27-32-20-14-15-26-37(32)44-40(47)39(45-41(48)50-4)38(33-21-10-6-11-22-33)34-23-12-7-13-24-34/h5-18,20-26,35-36,38-39H,19,27-30H2,1-4H3,(H,44,47)(H,45,48)/b25-16-/t35-,36-,39+/m1/s1. The van der Waals surface area contributed by atoms with Gasteiger partial charge in [-0.2, -0.15) is 0 Å². The van der Waals surface area contributed by atoms with Gasteiger partial charge in [0.1, 0.15) is 11.6 Å². The normalized spacial score (nSPS) is 16.7. The molecule has 0 spiro atoms. The van der Waals surface area contributed by atoms with Gasteiger partial charge in [0.15, 0.2) is 0 Å². The lowest BCUT2D eigenvalue weighted by molar-refractivity contribution is -0.118. The molecule has 4 aromatic carbocycles. The molecule has 0 unspecified atom stereocenters. The maximum absolute atomic E-state index is 14.2. The lowest BCUT2D eigenvalue weighted by atomic mass is 9.84. The van der Waals surface area contributed by atoms with Crippen LogP contribution in [0.3, 0.4) is 0 Å². The average molecular weight is 704 g/mol. The molecule has 1 heterocycles. The number of carbonyl (C=O) groups excluding carboxylic acids is 3. The highest BCUT2D eigenvalue weighted by Crippen LogP contribution is 2.30. The number of alkyl carbamates (subject to hydrolysis) is 1. The van der Waals surface area contributed by atoms with Crippen LogP contribution in [-0.2, 0) is 31.8 Å². The van der Waals surface area contributed by atoms with E-state index in [1.165, 1.54) is 12.7 Å². The highest BCUT2D eigenvalue weighted by molar-refractivity contribution is 5.98. The number of benzene rings is 4. The van der Waals surface area contributed by atoms with Crippen LogP contribution in [0.2, 0.25) is 0 Å². The molecule has 0 radical (unpaired) electrons. The summed E-state index contributed by atoms with van der Waals surface area (Å²) in [4.78, 5) is 42.0. The smallest absolute Gasteiger partial charge is 0.410 e. The lowest BCUT2D eigenvalue weighted by Crippen LogP contribution is -2.53. The van der Waals surface area contributed by atoms with Crippen LogP contribution in [0, 0.1) is 0 Å². The zero-order chi connectivity index (χ0) is 36.9. The maximum Gasteiger partial charge on any atom is 0.410 e. The van der Waals surface area contributed by atoms with Crippen LogP contribution in [0.25, 0.3) is 0 Å². The number of hydrogen-bond donors (Lipinski definition) is 2. The first-order valence-electron chi connectivity index (χ1n) is 17.8. The zero-order valence-electron chi connectivity index (χ0n) is 30.4. The van der Waals surface area contributed by atoms with Gasteiger partial charge in [-0.3, -0.25) is 9.69 Å². The second-order valence-corrected chi connectivity index (χ2v) is 13.9. The molecule has 272 valence electrons. The number of allylic oxidation sites excluding steroid dienone is 1. The van der Waals surface area contributed by atoms with E-state index in [0.717, 1.165) is 23.1 Å². The monoisotopic (exact) mass is 703 g/mol. The van der Waals surface area contributed by atoms with E-state index in [4.69, 9.17) is 14.2 Å². The van der Waals surface area contributed by atoms with Crippen molar-refractivity contribution < 1.29 is 28.6 Å². The summed E-state index contributed by atoms with van der Waals surface area (Å²) in [5.74, 6) is -0.872. The molecule has 2 N–H and O–H groups in total. The number of anilines is 1. The molecule has 3 amide bonds. The predicted octanol–water partition coefficient (Wildman–Crippen LogP) is 7.92. The first-order valence-corrected chi connectivity index (χ1v) is 17.8. The van der Waals surface area contributed by atoms with Crippen molar-refractivity contribution in [2.24, 2.45) is 0 Å². The van der Waals surface area contributed by atoms with E-state index in [2.05, 4.69) is 28.8 Å². The predicted molar refractivity (Wildman–Crippen MR) is 203 cm³/mol. The first kappa shape index (κ1) is 37.8. The van der Waals surface area contributed by atoms with Crippen molar-refractivity contribution in [3.63, 3.8) is 0 Å². The van der Waals surface area contributed by atoms with Crippen LogP contribution in [0.4, 0.5) is 15.3 Å². The minimum Gasteiger partial charge on any atom is -0.453 e. The van der Waals surface area contributed by atoms with E-state index < -0.39 is 23.7 Å². The molecule has 1 aliphatic heterocycles. The van der Waals surface area contributed by atoms with E-state index in [1.54, 1.807) is 4.90 Å². The van der Waals surface area contributed by atoms with E-state index in [1.807, 2.05) is 130 Å². The minimum absolute atomic E-state index is 0.246. The largest absolute Gasteiger partial charge is 0.453 e. The van der Waals surface area contributed by atoms with E-state index in [-0.39, 0.29) is 24.1 Å². The third kappa shape index (κ3) is 10.8. The summed E-state index contributed by atoms with van der Waals surface area (Å²) < 4.78 is 17.1. The van der Waals surface area contributed by atoms with Crippen molar-refractivity contribution in [2.45, 2.75) is 69.7 Å². The highest BCUT2D eigenvalue weighted by atomic mass is 16.6. The second kappa shape index (κ2) is 18.2. The molecule has 5 rings (SSSR count). The summed E-state index contributed by atoms with van der Waals surface area (Å²) in [5, 5.41) is 5.90. The fourth-order valence-electron chi connectivity index (χ4n) is 6.34. The zero-order valence-corrected chi connectivity index (χ0v) is 30.4. The van der Waals surface area contributed by atoms with Gasteiger partial charge in [-0.05, 0) is 68.4 Å². The molecule has 1 aliphatic rings. The van der Waals surface area contributed by atoms with Crippen LogP contribution >= 0.6 is 0 Å². The second-order valence-electron chi connectivity index (χ2n) is 13.9. The van der Waals surface area contributed by atoms with Crippen molar-refractivity contribution in [1.82, 2.24) is 10.2 Å². The number of carbonyl (C=O) groups is 3. The summed E-state index contributed by atoms with van der Waals surface area (Å²) in [5.41, 5.74) is 3.82. The van der Waals surface area contributed by atoms with Crippen molar-refractivity contribution in [3.8, 4) is 0 Å². The molecular formula is C43H49N3O6. The Labute approximate surface area is 307 Å². The summed E-state index contributed by atoms with van der Waals surface area (Å²) in [6, 6.07) is 35.8. The molecule has 9 nitrogen and oxygen atoms in total. The molecule has 0 aliphatic carbocycles. The highest BCUT2D eigenvalue weighted by Gasteiger charge is 2.35. The van der Waals surface area contributed by atoms with Gasteiger partial charge in [0.2, 0.25) is 5.91 Å². The Hall–Kier alpha value is -5.41. The van der Waals surface area contributed by atoms with Crippen molar-refractivity contribution >= 4 is 23.8 Å². The fraction of sp³-hybridized carbons (Fsp3) is 0.326. The number of ether oxygens (including phenoxy) is 3. The molecule has 1 fully saturated rings. The molecule has 9 heteroatoms. The molecular weight excluding hydrogens is 654 g/mol. The molecule has 0 aromatic heterocycles. The third-order valence-electron chi connectivity index (χ3n) is 8.89. The van der Waals surface area contributed by atoms with Crippen LogP contribution in [-0.4, -0.2) is 67.0 Å². The Balaban J connectivity index is 1.31. The van der Waals surface area contributed by atoms with Crippen LogP contribution in [0.15, 0.2) is 127 Å². The molecule has 1 saturated heterocycles. The Morgan fingerprint density at radius 2 is 1.46 bits per heavy atom. The van der Waals surface area contributed by atoms with E-state index in [9.17, 15) is 14.4 Å². The summed E-state index contributed by atoms with van der Waals surface area (Å²) in [6.07, 6.45) is 4.70. The number of para-hydroxylation sites is 1. The number of amides is 3. The van der Waals surface area contributed by atoms with E-state index >= 15 is 0 Å². The average Bonchev–Trinajstić information content (AvgIpc) is 3.15. The van der Waals surface area contributed by atoms with Crippen LogP contribution < -0.4 is 10.6 Å². The van der Waals surface area contributed by atoms with Gasteiger partial charge in [-0.15, -0.1) is 0 Å².